The maximum absolute atomic E-state index is 13.9. The van der Waals surface area contributed by atoms with Crippen LogP contribution in [-0.2, 0) is 0 Å². The van der Waals surface area contributed by atoms with Crippen LogP contribution in [0.25, 0.3) is 0 Å². The van der Waals surface area contributed by atoms with E-state index in [9.17, 15) is 4.39 Å². The first-order valence-electron chi connectivity index (χ1n) is 4.49. The number of nitrogens with two attached hydrogens (primary N) is 2. The van der Waals surface area contributed by atoms with Gasteiger partial charge in [-0.15, -0.1) is 0 Å². The topological polar surface area (TPSA) is 72.3 Å². The summed E-state index contributed by atoms with van der Waals surface area (Å²) in [5.74, 6) is 0. The second-order valence-corrected chi connectivity index (χ2v) is 4.93. The maximum atomic E-state index is 13.9. The lowest BCUT2D eigenvalue weighted by Crippen LogP contribution is -2.32. The van der Waals surface area contributed by atoms with Crippen molar-refractivity contribution in [1.29, 1.82) is 0 Å². The Morgan fingerprint density at radius 3 is 2.43 bits per heavy atom. The molecule has 0 aliphatic rings. The minimum absolute atomic E-state index is 0.0519. The molecule has 0 aliphatic carbocycles. The molecule has 0 aliphatic heterocycles. The van der Waals surface area contributed by atoms with E-state index in [4.69, 9.17) is 16.6 Å². The van der Waals surface area contributed by atoms with Gasteiger partial charge < -0.3 is 16.6 Å². The molecular weight excluding hydrogens is 199 g/mol. The molecule has 0 saturated carbocycles. The van der Waals surface area contributed by atoms with Gasteiger partial charge in [0.2, 0.25) is 0 Å². The van der Waals surface area contributed by atoms with Crippen LogP contribution in [0.15, 0.2) is 22.5 Å². The fraction of sp³-hybridized carbons (Fsp3) is 0.556. The van der Waals surface area contributed by atoms with Gasteiger partial charge in [0.15, 0.2) is 0 Å². The molecule has 5 N–H and O–H groups in total. The van der Waals surface area contributed by atoms with E-state index < -0.39 is 5.67 Å². The van der Waals surface area contributed by atoms with Crippen molar-refractivity contribution in [2.24, 2.45) is 11.5 Å². The van der Waals surface area contributed by atoms with Gasteiger partial charge >= 0.3 is 0 Å². The molecule has 14 heavy (non-hydrogen) atoms. The van der Waals surface area contributed by atoms with E-state index >= 15 is 0 Å². The molecule has 5 heteroatoms. The summed E-state index contributed by atoms with van der Waals surface area (Å²) in [5.41, 5.74) is 10.0. The van der Waals surface area contributed by atoms with E-state index in [1.807, 2.05) is 0 Å². The summed E-state index contributed by atoms with van der Waals surface area (Å²) in [4.78, 5) is 0. The van der Waals surface area contributed by atoms with Gasteiger partial charge in [-0.2, -0.15) is 0 Å². The van der Waals surface area contributed by atoms with E-state index in [-0.39, 0.29) is 13.2 Å². The largest absolute Gasteiger partial charge is 0.402 e. The number of aliphatic hydroxyl groups excluding tert-OH is 1. The lowest BCUT2D eigenvalue weighted by atomic mass is 9.95. The smallest absolute Gasteiger partial charge is 0.146 e. The highest BCUT2D eigenvalue weighted by Gasteiger charge is 2.26. The summed E-state index contributed by atoms with van der Waals surface area (Å²) in [7, 11) is 0.684. The van der Waals surface area contributed by atoms with E-state index in [2.05, 4.69) is 0 Å². The zero-order chi connectivity index (χ0) is 11.4. The van der Waals surface area contributed by atoms with Crippen LogP contribution in [-0.4, -0.2) is 34.2 Å². The molecule has 0 fully saturated rings. The Balaban J connectivity index is 5.11. The van der Waals surface area contributed by atoms with Crippen LogP contribution in [0.4, 0.5) is 4.39 Å². The van der Waals surface area contributed by atoms with Crippen molar-refractivity contribution in [3.63, 3.8) is 0 Å². The summed E-state index contributed by atoms with van der Waals surface area (Å²) in [6.07, 6.45) is 1.61. The molecule has 0 bridgehead atoms. The Morgan fingerprint density at radius 1 is 1.64 bits per heavy atom. The molecule has 82 valence electrons. The van der Waals surface area contributed by atoms with Crippen molar-refractivity contribution in [2.75, 3.05) is 13.2 Å². The molecule has 0 heterocycles. The third-order valence-electron chi connectivity index (χ3n) is 2.01. The maximum Gasteiger partial charge on any atom is 0.146 e. The first kappa shape index (κ1) is 13.3. The van der Waals surface area contributed by atoms with Crippen LogP contribution >= 0.6 is 0 Å². The van der Waals surface area contributed by atoms with Crippen LogP contribution in [0.1, 0.15) is 13.8 Å². The number of aliphatic hydroxyl groups is 1. The van der Waals surface area contributed by atoms with E-state index in [1.54, 1.807) is 13.0 Å². The molecule has 0 aromatic rings. The van der Waals surface area contributed by atoms with Gasteiger partial charge in [0.1, 0.15) is 5.67 Å². The monoisotopic (exact) mass is 218 g/mol. The van der Waals surface area contributed by atoms with Crippen molar-refractivity contribution >= 4 is 10.2 Å². The van der Waals surface area contributed by atoms with Gasteiger partial charge in [-0.3, -0.25) is 0 Å². The molecule has 0 saturated heterocycles. The van der Waals surface area contributed by atoms with Crippen molar-refractivity contribution in [2.45, 2.75) is 19.5 Å². The van der Waals surface area contributed by atoms with Crippen molar-refractivity contribution in [3.05, 3.63) is 22.5 Å². The number of hydrogen-bond acceptors (Lipinski definition) is 3. The molecular formula is C9H19FN2OSi. The highest BCUT2D eigenvalue weighted by molar-refractivity contribution is 6.22. The Labute approximate surface area is 87.1 Å². The van der Waals surface area contributed by atoms with Gasteiger partial charge in [-0.25, -0.2) is 4.39 Å². The van der Waals surface area contributed by atoms with Gasteiger partial charge in [0.25, 0.3) is 0 Å². The van der Waals surface area contributed by atoms with Gasteiger partial charge in [-0.1, -0.05) is 11.3 Å². The predicted octanol–water partition coefficient (Wildman–Crippen LogP) is -0.852. The molecule has 0 spiro atoms. The van der Waals surface area contributed by atoms with Crippen LogP contribution in [0.2, 0.25) is 0 Å². The molecule has 1 atom stereocenters. The highest BCUT2D eigenvalue weighted by Crippen LogP contribution is 2.23. The van der Waals surface area contributed by atoms with Crippen molar-refractivity contribution in [1.82, 2.24) is 0 Å². The standard InChI is InChI=1S/C9H19FN2OSi/c1-6(12)8(3-7(14)4-13)9(2,10)5-11/h3,13H,4-5,11-12H2,1-2,14H3/b7-3+,8-6+. The number of hydrogen-bond donors (Lipinski definition) is 3. The van der Waals surface area contributed by atoms with E-state index in [1.165, 1.54) is 6.92 Å². The van der Waals surface area contributed by atoms with Crippen LogP contribution in [0.3, 0.4) is 0 Å². The number of rotatable bonds is 4. The van der Waals surface area contributed by atoms with Gasteiger partial charge in [-0.05, 0) is 13.8 Å². The normalized spacial score (nSPS) is 19.1. The van der Waals surface area contributed by atoms with Gasteiger partial charge in [0.05, 0.1) is 6.61 Å². The minimum Gasteiger partial charge on any atom is -0.402 e. The molecule has 3 nitrogen and oxygen atoms in total. The Morgan fingerprint density at radius 2 is 2.14 bits per heavy atom. The quantitative estimate of drug-likeness (QED) is 0.425. The first-order chi connectivity index (χ1) is 6.35. The number of alkyl halides is 1. The fourth-order valence-electron chi connectivity index (χ4n) is 1.08. The van der Waals surface area contributed by atoms with Gasteiger partial charge in [0, 0.05) is 28.1 Å². The third-order valence-corrected chi connectivity index (χ3v) is 2.61. The molecule has 0 amide bonds. The summed E-state index contributed by atoms with van der Waals surface area (Å²) in [6.45, 7) is 2.85. The Kier molecular flexibility index (Phi) is 5.04. The summed E-state index contributed by atoms with van der Waals surface area (Å²) in [6, 6.07) is 0. The lowest BCUT2D eigenvalue weighted by Gasteiger charge is -2.21. The van der Waals surface area contributed by atoms with Crippen LogP contribution < -0.4 is 11.5 Å². The van der Waals surface area contributed by atoms with E-state index in [0.717, 1.165) is 5.20 Å². The zero-order valence-corrected chi connectivity index (χ0v) is 11.0. The first-order valence-corrected chi connectivity index (χ1v) is 5.49. The lowest BCUT2D eigenvalue weighted by molar-refractivity contribution is 0.253. The average molecular weight is 218 g/mol. The Bertz CT molecular complexity index is 258. The summed E-state index contributed by atoms with van der Waals surface area (Å²) < 4.78 is 13.9. The molecule has 0 rings (SSSR count). The van der Waals surface area contributed by atoms with Crippen LogP contribution in [0, 0.1) is 0 Å². The molecule has 1 unspecified atom stereocenters. The zero-order valence-electron chi connectivity index (χ0n) is 8.97. The van der Waals surface area contributed by atoms with E-state index in [0.29, 0.717) is 21.5 Å². The molecule has 0 radical (unpaired) electrons. The fourth-order valence-corrected chi connectivity index (χ4v) is 1.37. The third kappa shape index (κ3) is 3.61. The second-order valence-electron chi connectivity index (χ2n) is 3.65. The second kappa shape index (κ2) is 5.28. The Hall–Kier alpha value is -0.653. The van der Waals surface area contributed by atoms with Crippen molar-refractivity contribution in [3.8, 4) is 0 Å². The number of allylic oxidation sites excluding steroid dienone is 2. The SMILES string of the molecule is C/C(N)=C(/C=C(/[SiH3])CO)C(C)(F)CN. The predicted molar refractivity (Wildman–Crippen MR) is 60.6 cm³/mol. The molecule has 0 aromatic carbocycles. The number of halogens is 1. The van der Waals surface area contributed by atoms with Crippen LogP contribution in [0.5, 0.6) is 0 Å². The summed E-state index contributed by atoms with van der Waals surface area (Å²) >= 11 is 0. The average Bonchev–Trinajstić information content (AvgIpc) is 2.12. The minimum atomic E-state index is -1.62. The van der Waals surface area contributed by atoms with Crippen molar-refractivity contribution < 1.29 is 9.50 Å². The highest BCUT2D eigenvalue weighted by atomic mass is 28.1. The molecule has 0 aromatic heterocycles. The summed E-state index contributed by atoms with van der Waals surface area (Å²) in [5, 5.41) is 9.65.